The molecule has 0 aromatic heterocycles. The molecular weight excluding hydrogens is 142 g/mol. The number of hydrogen-bond acceptors (Lipinski definition) is 3. The van der Waals surface area contributed by atoms with Crippen molar-refractivity contribution in [3.05, 3.63) is 0 Å². The third kappa shape index (κ3) is 1.92. The average molecular weight is 159 g/mol. The average Bonchev–Trinajstić information content (AvgIpc) is 2.71. The fourth-order valence-electron chi connectivity index (χ4n) is 1.42. The second-order valence-electron chi connectivity index (χ2n) is 3.27. The van der Waals surface area contributed by atoms with Crippen molar-refractivity contribution in [1.82, 2.24) is 0 Å². The van der Waals surface area contributed by atoms with E-state index in [1.54, 1.807) is 0 Å². The highest BCUT2D eigenvalue weighted by Gasteiger charge is 2.48. The van der Waals surface area contributed by atoms with Gasteiger partial charge in [-0.2, -0.15) is 0 Å². The van der Waals surface area contributed by atoms with E-state index >= 15 is 0 Å². The van der Waals surface area contributed by atoms with E-state index in [4.69, 9.17) is 10.6 Å². The van der Waals surface area contributed by atoms with Gasteiger partial charge in [-0.25, -0.2) is 5.90 Å². The second kappa shape index (κ2) is 3.52. The van der Waals surface area contributed by atoms with E-state index in [1.807, 2.05) is 6.92 Å². The minimum absolute atomic E-state index is 0.241. The molecule has 0 aromatic rings. The van der Waals surface area contributed by atoms with Gasteiger partial charge in [0.1, 0.15) is 0 Å². The minimum atomic E-state index is 0.241. The maximum atomic E-state index is 5.49. The first-order valence-electron chi connectivity index (χ1n) is 4.18. The summed E-state index contributed by atoms with van der Waals surface area (Å²) < 4.78 is 5.49. The van der Waals surface area contributed by atoms with E-state index in [9.17, 15) is 0 Å². The van der Waals surface area contributed by atoms with Crippen molar-refractivity contribution in [2.75, 3.05) is 13.2 Å². The summed E-state index contributed by atoms with van der Waals surface area (Å²) in [4.78, 5) is 4.66. The van der Waals surface area contributed by atoms with Crippen LogP contribution >= 0.6 is 0 Å². The van der Waals surface area contributed by atoms with E-state index < -0.39 is 0 Å². The van der Waals surface area contributed by atoms with Crippen LogP contribution in [0, 0.1) is 5.41 Å². The van der Waals surface area contributed by atoms with Crippen LogP contribution < -0.4 is 5.90 Å². The van der Waals surface area contributed by atoms with Gasteiger partial charge in [0.05, 0.1) is 12.7 Å². The van der Waals surface area contributed by atoms with Gasteiger partial charge >= 0.3 is 0 Å². The molecule has 66 valence electrons. The van der Waals surface area contributed by atoms with Crippen LogP contribution in [0.1, 0.15) is 26.7 Å². The highest BCUT2D eigenvalue weighted by molar-refractivity contribution is 4.97. The van der Waals surface area contributed by atoms with Crippen molar-refractivity contribution in [3.8, 4) is 0 Å². The predicted octanol–water partition coefficient (Wildman–Crippen LogP) is 1.08. The Morgan fingerprint density at radius 2 is 2.18 bits per heavy atom. The molecule has 3 heteroatoms. The largest absolute Gasteiger partial charge is 0.378 e. The predicted molar refractivity (Wildman–Crippen MR) is 42.9 cm³/mol. The van der Waals surface area contributed by atoms with Crippen LogP contribution in [-0.2, 0) is 9.57 Å². The van der Waals surface area contributed by atoms with Crippen LogP contribution in [0.2, 0.25) is 0 Å². The van der Waals surface area contributed by atoms with Gasteiger partial charge in [0.15, 0.2) is 0 Å². The molecule has 3 nitrogen and oxygen atoms in total. The maximum Gasteiger partial charge on any atom is 0.0760 e. The fourth-order valence-corrected chi connectivity index (χ4v) is 1.42. The summed E-state index contributed by atoms with van der Waals surface area (Å²) >= 11 is 0. The molecule has 0 spiro atoms. The normalized spacial score (nSPS) is 23.2. The van der Waals surface area contributed by atoms with E-state index in [2.05, 4.69) is 11.8 Å². The first-order chi connectivity index (χ1) is 5.25. The first-order valence-corrected chi connectivity index (χ1v) is 4.18. The molecule has 1 saturated carbocycles. The molecule has 2 N–H and O–H groups in total. The van der Waals surface area contributed by atoms with Gasteiger partial charge in [0, 0.05) is 12.0 Å². The molecular formula is C8H17NO2. The third-order valence-electron chi connectivity index (χ3n) is 2.54. The minimum Gasteiger partial charge on any atom is -0.378 e. The first kappa shape index (κ1) is 8.97. The molecule has 1 aliphatic rings. The zero-order valence-electron chi connectivity index (χ0n) is 7.30. The van der Waals surface area contributed by atoms with Crippen LogP contribution in [0.25, 0.3) is 0 Å². The van der Waals surface area contributed by atoms with Crippen molar-refractivity contribution in [2.45, 2.75) is 32.8 Å². The van der Waals surface area contributed by atoms with Crippen LogP contribution in [0.15, 0.2) is 0 Å². The van der Waals surface area contributed by atoms with E-state index in [1.165, 1.54) is 12.8 Å². The monoisotopic (exact) mass is 159 g/mol. The van der Waals surface area contributed by atoms with Gasteiger partial charge in [0.2, 0.25) is 0 Å². The summed E-state index contributed by atoms with van der Waals surface area (Å²) in [5.74, 6) is 5.03. The van der Waals surface area contributed by atoms with Crippen LogP contribution in [0.4, 0.5) is 0 Å². The summed E-state index contributed by atoms with van der Waals surface area (Å²) in [5, 5.41) is 0. The van der Waals surface area contributed by atoms with Crippen molar-refractivity contribution < 1.29 is 9.57 Å². The zero-order chi connectivity index (χ0) is 8.32. The molecule has 1 fully saturated rings. The van der Waals surface area contributed by atoms with Gasteiger partial charge in [0.25, 0.3) is 0 Å². The highest BCUT2D eigenvalue weighted by atomic mass is 16.6. The van der Waals surface area contributed by atoms with E-state index in [0.717, 1.165) is 6.61 Å². The molecule has 1 aliphatic carbocycles. The number of ether oxygens (including phenoxy) is 1. The number of nitrogens with two attached hydrogens (primary N) is 1. The number of hydrogen-bond donors (Lipinski definition) is 1. The van der Waals surface area contributed by atoms with Crippen LogP contribution in [-0.4, -0.2) is 19.3 Å². The lowest BCUT2D eigenvalue weighted by atomic mass is 10.0. The van der Waals surface area contributed by atoms with E-state index in [0.29, 0.717) is 6.61 Å². The second-order valence-corrected chi connectivity index (χ2v) is 3.27. The Bertz CT molecular complexity index is 123. The van der Waals surface area contributed by atoms with E-state index in [-0.39, 0.29) is 11.5 Å². The lowest BCUT2D eigenvalue weighted by Gasteiger charge is -2.21. The Morgan fingerprint density at radius 3 is 2.55 bits per heavy atom. The van der Waals surface area contributed by atoms with Crippen molar-refractivity contribution in [3.63, 3.8) is 0 Å². The zero-order valence-corrected chi connectivity index (χ0v) is 7.30. The lowest BCUT2D eigenvalue weighted by molar-refractivity contribution is -0.0215. The molecule has 1 atom stereocenters. The van der Waals surface area contributed by atoms with Gasteiger partial charge in [-0.3, -0.25) is 0 Å². The molecule has 0 amide bonds. The Hall–Kier alpha value is -0.120. The van der Waals surface area contributed by atoms with Gasteiger partial charge in [-0.1, -0.05) is 0 Å². The summed E-state index contributed by atoms with van der Waals surface area (Å²) in [5.41, 5.74) is 0.241. The molecule has 0 radical (unpaired) electrons. The van der Waals surface area contributed by atoms with Crippen molar-refractivity contribution >= 4 is 0 Å². The van der Waals surface area contributed by atoms with Crippen LogP contribution in [0.5, 0.6) is 0 Å². The summed E-state index contributed by atoms with van der Waals surface area (Å²) in [6, 6.07) is 0. The van der Waals surface area contributed by atoms with Crippen molar-refractivity contribution in [1.29, 1.82) is 0 Å². The summed E-state index contributed by atoms with van der Waals surface area (Å²) in [6.45, 7) is 5.51. The Balaban J connectivity index is 2.31. The van der Waals surface area contributed by atoms with Gasteiger partial charge < -0.3 is 9.57 Å². The molecule has 1 unspecified atom stereocenters. The number of rotatable bonds is 5. The quantitative estimate of drug-likeness (QED) is 0.610. The Kier molecular flexibility index (Phi) is 2.87. The molecule has 1 rings (SSSR count). The molecule has 0 saturated heterocycles. The SMILES string of the molecule is CCOC(C)C1(CON)CC1. The Morgan fingerprint density at radius 1 is 1.55 bits per heavy atom. The maximum absolute atomic E-state index is 5.49. The van der Waals surface area contributed by atoms with Gasteiger partial charge in [-0.15, -0.1) is 0 Å². The molecule has 0 aromatic carbocycles. The lowest BCUT2D eigenvalue weighted by Crippen LogP contribution is -2.28. The highest BCUT2D eigenvalue weighted by Crippen LogP contribution is 2.49. The van der Waals surface area contributed by atoms with Gasteiger partial charge in [-0.05, 0) is 26.7 Å². The summed E-state index contributed by atoms with van der Waals surface area (Å²) in [7, 11) is 0. The molecule has 0 bridgehead atoms. The standard InChI is InChI=1S/C8H17NO2/c1-3-10-7(2)8(4-5-8)6-11-9/h7H,3-6,9H2,1-2H3. The summed E-state index contributed by atoms with van der Waals surface area (Å²) in [6.07, 6.45) is 2.66. The smallest absolute Gasteiger partial charge is 0.0760 e. The molecule has 0 aliphatic heterocycles. The third-order valence-corrected chi connectivity index (χ3v) is 2.54. The molecule has 0 heterocycles. The Labute approximate surface area is 67.8 Å². The topological polar surface area (TPSA) is 44.5 Å². The molecule has 11 heavy (non-hydrogen) atoms. The van der Waals surface area contributed by atoms with Crippen molar-refractivity contribution in [2.24, 2.45) is 11.3 Å². The van der Waals surface area contributed by atoms with Crippen LogP contribution in [0.3, 0.4) is 0 Å². The fraction of sp³-hybridized carbons (Fsp3) is 1.00.